The molecule has 0 aromatic heterocycles. The highest BCUT2D eigenvalue weighted by molar-refractivity contribution is 6.31. The van der Waals surface area contributed by atoms with Crippen molar-refractivity contribution in [3.8, 4) is 11.8 Å². The minimum atomic E-state index is -0.223. The third-order valence-corrected chi connectivity index (χ3v) is 3.95. The summed E-state index contributed by atoms with van der Waals surface area (Å²) in [6.45, 7) is 4.63. The Morgan fingerprint density at radius 2 is 2.26 bits per heavy atom. The lowest BCUT2D eigenvalue weighted by Crippen LogP contribution is -2.39. The molecular weight excluding hydrogens is 258 g/mol. The van der Waals surface area contributed by atoms with Crippen molar-refractivity contribution in [2.24, 2.45) is 5.92 Å². The van der Waals surface area contributed by atoms with Gasteiger partial charge in [0, 0.05) is 12.1 Å². The van der Waals surface area contributed by atoms with E-state index in [2.05, 4.69) is 16.7 Å². The molecule has 1 saturated heterocycles. The van der Waals surface area contributed by atoms with Crippen LogP contribution in [0.5, 0.6) is 0 Å². The Labute approximate surface area is 120 Å². The molecule has 0 radical (unpaired) electrons. The van der Waals surface area contributed by atoms with Crippen LogP contribution in [-0.2, 0) is 0 Å². The van der Waals surface area contributed by atoms with Crippen LogP contribution in [0.15, 0.2) is 24.3 Å². The van der Waals surface area contributed by atoms with Crippen molar-refractivity contribution < 1.29 is 5.11 Å². The van der Waals surface area contributed by atoms with Crippen LogP contribution in [-0.4, -0.2) is 35.7 Å². The van der Waals surface area contributed by atoms with Crippen LogP contribution in [0.4, 0.5) is 0 Å². The highest BCUT2D eigenvalue weighted by atomic mass is 35.5. The topological polar surface area (TPSA) is 23.5 Å². The fourth-order valence-corrected chi connectivity index (χ4v) is 2.62. The summed E-state index contributed by atoms with van der Waals surface area (Å²) in [5, 5.41) is 10.4. The highest BCUT2D eigenvalue weighted by Gasteiger charge is 2.22. The van der Waals surface area contributed by atoms with E-state index < -0.39 is 0 Å². The van der Waals surface area contributed by atoms with E-state index in [0.29, 0.717) is 10.9 Å². The summed E-state index contributed by atoms with van der Waals surface area (Å²) in [4.78, 5) is 2.31. The summed E-state index contributed by atoms with van der Waals surface area (Å²) in [6.07, 6.45) is 2.04. The third kappa shape index (κ3) is 4.24. The van der Waals surface area contributed by atoms with Crippen molar-refractivity contribution >= 4 is 11.6 Å². The molecule has 1 N–H and O–H groups in total. The number of nitrogens with zero attached hydrogens (tertiary/aromatic N) is 1. The first-order chi connectivity index (χ1) is 9.16. The van der Waals surface area contributed by atoms with Gasteiger partial charge in [0.05, 0.1) is 17.7 Å². The summed E-state index contributed by atoms with van der Waals surface area (Å²) in [6, 6.07) is 7.64. The maximum Gasteiger partial charge on any atom is 0.0605 e. The number of benzene rings is 1. The van der Waals surface area contributed by atoms with Gasteiger partial charge in [-0.05, 0) is 44.4 Å². The van der Waals surface area contributed by atoms with Gasteiger partial charge in [0.1, 0.15) is 0 Å². The van der Waals surface area contributed by atoms with Gasteiger partial charge in [-0.25, -0.2) is 0 Å². The second-order valence-corrected chi connectivity index (χ2v) is 5.57. The van der Waals surface area contributed by atoms with Crippen LogP contribution >= 0.6 is 11.6 Å². The summed E-state index contributed by atoms with van der Waals surface area (Å²) in [5.74, 6) is 6.68. The van der Waals surface area contributed by atoms with Gasteiger partial charge < -0.3 is 5.11 Å². The maximum atomic E-state index is 9.65. The second-order valence-electron chi connectivity index (χ2n) is 5.16. The Balaban J connectivity index is 1.91. The molecule has 1 heterocycles. The van der Waals surface area contributed by atoms with E-state index in [1.54, 1.807) is 0 Å². The highest BCUT2D eigenvalue weighted by Crippen LogP contribution is 2.19. The smallest absolute Gasteiger partial charge is 0.0605 e. The fourth-order valence-electron chi connectivity index (χ4n) is 2.44. The standard InChI is InChI=1S/C16H20ClNO/c1-13(19)15-8-5-11-18(12-15)10-4-7-14-6-2-3-9-16(14)17/h2-3,6,9,13,15,19H,5,8,10-12H2,1H3. The van der Waals surface area contributed by atoms with Gasteiger partial charge in [0.2, 0.25) is 0 Å². The van der Waals surface area contributed by atoms with Gasteiger partial charge in [-0.15, -0.1) is 0 Å². The van der Waals surface area contributed by atoms with Gasteiger partial charge in [-0.1, -0.05) is 35.6 Å². The van der Waals surface area contributed by atoms with Crippen LogP contribution in [0.25, 0.3) is 0 Å². The Bertz CT molecular complexity index is 475. The Morgan fingerprint density at radius 1 is 1.47 bits per heavy atom. The lowest BCUT2D eigenvalue weighted by molar-refractivity contribution is 0.0682. The fraction of sp³-hybridized carbons (Fsp3) is 0.500. The zero-order chi connectivity index (χ0) is 13.7. The van der Waals surface area contributed by atoms with E-state index in [9.17, 15) is 5.11 Å². The summed E-state index contributed by atoms with van der Waals surface area (Å²) in [5.41, 5.74) is 0.883. The molecule has 0 amide bonds. The summed E-state index contributed by atoms with van der Waals surface area (Å²) < 4.78 is 0. The predicted molar refractivity (Wildman–Crippen MR) is 79.2 cm³/mol. The molecule has 19 heavy (non-hydrogen) atoms. The Kier molecular flexibility index (Phi) is 5.27. The van der Waals surface area contributed by atoms with Gasteiger partial charge in [-0.3, -0.25) is 4.90 Å². The van der Waals surface area contributed by atoms with Crippen molar-refractivity contribution in [1.82, 2.24) is 4.90 Å². The number of rotatable bonds is 2. The van der Waals surface area contributed by atoms with Gasteiger partial charge in [-0.2, -0.15) is 0 Å². The monoisotopic (exact) mass is 277 g/mol. The van der Waals surface area contributed by atoms with E-state index >= 15 is 0 Å². The largest absolute Gasteiger partial charge is 0.393 e. The average Bonchev–Trinajstić information content (AvgIpc) is 2.41. The van der Waals surface area contributed by atoms with Crippen LogP contribution in [0.1, 0.15) is 25.3 Å². The molecule has 1 aromatic rings. The second kappa shape index (κ2) is 6.96. The van der Waals surface area contributed by atoms with Crippen LogP contribution in [0.2, 0.25) is 5.02 Å². The number of likely N-dealkylation sites (tertiary alicyclic amines) is 1. The maximum absolute atomic E-state index is 9.65. The average molecular weight is 278 g/mol. The van der Waals surface area contributed by atoms with E-state index in [0.717, 1.165) is 38.0 Å². The van der Waals surface area contributed by atoms with Gasteiger partial charge in [0.15, 0.2) is 0 Å². The molecule has 0 saturated carbocycles. The van der Waals surface area contributed by atoms with Crippen molar-refractivity contribution in [2.75, 3.05) is 19.6 Å². The third-order valence-electron chi connectivity index (χ3n) is 3.62. The normalized spacial score (nSPS) is 21.5. The van der Waals surface area contributed by atoms with Crippen LogP contribution in [0.3, 0.4) is 0 Å². The molecule has 0 aliphatic carbocycles. The predicted octanol–water partition coefficient (Wildman–Crippen LogP) is 2.78. The van der Waals surface area contributed by atoms with E-state index in [1.807, 2.05) is 31.2 Å². The van der Waals surface area contributed by atoms with Crippen molar-refractivity contribution in [1.29, 1.82) is 0 Å². The Hall–Kier alpha value is -1.01. The molecule has 2 nitrogen and oxygen atoms in total. The van der Waals surface area contributed by atoms with E-state index in [4.69, 9.17) is 11.6 Å². The minimum Gasteiger partial charge on any atom is -0.393 e. The Morgan fingerprint density at radius 3 is 3.00 bits per heavy atom. The number of halogens is 1. The number of aliphatic hydroxyl groups is 1. The molecule has 1 fully saturated rings. The van der Waals surface area contributed by atoms with Gasteiger partial charge >= 0.3 is 0 Å². The number of hydrogen-bond donors (Lipinski definition) is 1. The van der Waals surface area contributed by atoms with Crippen LogP contribution < -0.4 is 0 Å². The molecule has 2 unspecified atom stereocenters. The molecule has 0 bridgehead atoms. The number of aliphatic hydroxyl groups excluding tert-OH is 1. The van der Waals surface area contributed by atoms with Crippen molar-refractivity contribution in [2.45, 2.75) is 25.9 Å². The lowest BCUT2D eigenvalue weighted by Gasteiger charge is -2.32. The minimum absolute atomic E-state index is 0.223. The van der Waals surface area contributed by atoms with Crippen molar-refractivity contribution in [3.63, 3.8) is 0 Å². The summed E-state index contributed by atoms with van der Waals surface area (Å²) >= 11 is 6.06. The van der Waals surface area contributed by atoms with Crippen molar-refractivity contribution in [3.05, 3.63) is 34.9 Å². The van der Waals surface area contributed by atoms with E-state index in [-0.39, 0.29) is 6.10 Å². The molecule has 2 rings (SSSR count). The summed E-state index contributed by atoms with van der Waals surface area (Å²) in [7, 11) is 0. The molecule has 102 valence electrons. The first kappa shape index (κ1) is 14.4. The quantitative estimate of drug-likeness (QED) is 0.841. The number of hydrogen-bond acceptors (Lipinski definition) is 2. The molecule has 2 atom stereocenters. The number of piperidine rings is 1. The molecule has 3 heteroatoms. The van der Waals surface area contributed by atoms with Gasteiger partial charge in [0.25, 0.3) is 0 Å². The molecule has 1 aromatic carbocycles. The van der Waals surface area contributed by atoms with Crippen LogP contribution in [0, 0.1) is 17.8 Å². The molecule has 0 spiro atoms. The SMILES string of the molecule is CC(O)C1CCCN(CC#Cc2ccccc2Cl)C1. The van der Waals surface area contributed by atoms with E-state index in [1.165, 1.54) is 0 Å². The molecule has 1 aliphatic heterocycles. The zero-order valence-corrected chi connectivity index (χ0v) is 12.0. The first-order valence-electron chi connectivity index (χ1n) is 6.80. The molecular formula is C16H20ClNO. The lowest BCUT2D eigenvalue weighted by atomic mass is 9.93. The first-order valence-corrected chi connectivity index (χ1v) is 7.18. The molecule has 1 aliphatic rings. The zero-order valence-electron chi connectivity index (χ0n) is 11.3.